The van der Waals surface area contributed by atoms with Crippen molar-refractivity contribution < 1.29 is 17.9 Å². The van der Waals surface area contributed by atoms with Gasteiger partial charge in [0.15, 0.2) is 0 Å². The molecule has 92 valence electrons. The summed E-state index contributed by atoms with van der Waals surface area (Å²) in [4.78, 5) is 4.19. The largest absolute Gasteiger partial charge is 0.573 e. The van der Waals surface area contributed by atoms with Gasteiger partial charge in [-0.25, -0.2) is 0 Å². The van der Waals surface area contributed by atoms with Crippen LogP contribution >= 0.6 is 0 Å². The summed E-state index contributed by atoms with van der Waals surface area (Å²) in [5.74, 6) is 0.365. The van der Waals surface area contributed by atoms with Crippen LogP contribution in [0.1, 0.15) is 12.5 Å². The molecule has 0 amide bonds. The third-order valence-electron chi connectivity index (χ3n) is 2.25. The van der Waals surface area contributed by atoms with Gasteiger partial charge in [-0.2, -0.15) is 0 Å². The second-order valence-electron chi connectivity index (χ2n) is 3.81. The van der Waals surface area contributed by atoms with Gasteiger partial charge >= 0.3 is 6.36 Å². The van der Waals surface area contributed by atoms with Gasteiger partial charge in [0.05, 0.1) is 6.54 Å². The first-order valence-electron chi connectivity index (χ1n) is 5.11. The fraction of sp³-hybridized carbons (Fsp3) is 0.364. The number of alkyl halides is 3. The summed E-state index contributed by atoms with van der Waals surface area (Å²) in [5, 5.41) is 3.07. The van der Waals surface area contributed by atoms with E-state index in [4.69, 9.17) is 0 Å². The van der Waals surface area contributed by atoms with Gasteiger partial charge in [0, 0.05) is 11.6 Å². The molecule has 1 atom stereocenters. The van der Waals surface area contributed by atoms with E-state index in [0.717, 1.165) is 0 Å². The quantitative estimate of drug-likeness (QED) is 0.866. The molecular weight excluding hydrogens is 233 g/mol. The summed E-state index contributed by atoms with van der Waals surface area (Å²) in [7, 11) is 0. The molecule has 2 rings (SSSR count). The Bertz CT molecular complexity index is 443. The molecule has 1 aromatic carbocycles. The van der Waals surface area contributed by atoms with Gasteiger partial charge in [-0.1, -0.05) is 12.1 Å². The Morgan fingerprint density at radius 1 is 1.41 bits per heavy atom. The summed E-state index contributed by atoms with van der Waals surface area (Å²) < 4.78 is 40.0. The van der Waals surface area contributed by atoms with Gasteiger partial charge in [0.25, 0.3) is 0 Å². The minimum absolute atomic E-state index is 0.206. The number of hydrogen-bond donors (Lipinski definition) is 1. The Kier molecular flexibility index (Phi) is 2.95. The number of rotatable bonds is 2. The van der Waals surface area contributed by atoms with Crippen LogP contribution in [-0.2, 0) is 0 Å². The van der Waals surface area contributed by atoms with E-state index >= 15 is 0 Å². The van der Waals surface area contributed by atoms with Crippen molar-refractivity contribution in [1.29, 1.82) is 0 Å². The Morgan fingerprint density at radius 2 is 2.18 bits per heavy atom. The lowest BCUT2D eigenvalue weighted by atomic mass is 10.2. The Balaban J connectivity index is 2.17. The first-order valence-corrected chi connectivity index (χ1v) is 5.11. The van der Waals surface area contributed by atoms with Crippen LogP contribution in [0.3, 0.4) is 0 Å². The molecule has 0 aromatic heterocycles. The predicted molar refractivity (Wildman–Crippen MR) is 57.1 cm³/mol. The number of aliphatic imine (C=N–C) groups is 1. The van der Waals surface area contributed by atoms with Crippen LogP contribution in [0.25, 0.3) is 0 Å². The molecule has 1 N–H and O–H groups in total. The molecule has 1 heterocycles. The van der Waals surface area contributed by atoms with Crippen LogP contribution in [0, 0.1) is 0 Å². The lowest BCUT2D eigenvalue weighted by molar-refractivity contribution is -0.274. The van der Waals surface area contributed by atoms with Crippen molar-refractivity contribution in [2.24, 2.45) is 4.99 Å². The highest BCUT2D eigenvalue weighted by Crippen LogP contribution is 2.23. The van der Waals surface area contributed by atoms with Crippen LogP contribution in [0.5, 0.6) is 5.75 Å². The van der Waals surface area contributed by atoms with Crippen LogP contribution in [-0.4, -0.2) is 24.8 Å². The van der Waals surface area contributed by atoms with Gasteiger partial charge in [-0.3, -0.25) is 4.99 Å². The van der Waals surface area contributed by atoms with Gasteiger partial charge in [-0.15, -0.1) is 13.2 Å². The lowest BCUT2D eigenvalue weighted by Crippen LogP contribution is -2.27. The number of halogens is 3. The fourth-order valence-corrected chi connectivity index (χ4v) is 1.57. The molecule has 3 nitrogen and oxygen atoms in total. The minimum Gasteiger partial charge on any atom is -0.406 e. The minimum atomic E-state index is -4.67. The molecule has 1 aromatic rings. The highest BCUT2D eigenvalue weighted by molar-refractivity contribution is 6.00. The summed E-state index contributed by atoms with van der Waals surface area (Å²) in [5.41, 5.74) is 0.594. The van der Waals surface area contributed by atoms with Crippen LogP contribution < -0.4 is 10.1 Å². The van der Waals surface area contributed by atoms with Crippen LogP contribution in [0.2, 0.25) is 0 Å². The number of benzene rings is 1. The van der Waals surface area contributed by atoms with Gasteiger partial charge in [-0.05, 0) is 19.1 Å². The number of ether oxygens (including phenoxy) is 1. The average Bonchev–Trinajstić information content (AvgIpc) is 2.63. The lowest BCUT2D eigenvalue weighted by Gasteiger charge is -2.10. The van der Waals surface area contributed by atoms with E-state index in [2.05, 4.69) is 15.0 Å². The van der Waals surface area contributed by atoms with Crippen molar-refractivity contribution >= 4 is 5.84 Å². The Hall–Kier alpha value is -1.72. The van der Waals surface area contributed by atoms with Crippen molar-refractivity contribution in [3.8, 4) is 5.75 Å². The number of nitrogens with zero attached hydrogens (tertiary/aromatic N) is 1. The molecule has 0 saturated carbocycles. The monoisotopic (exact) mass is 244 g/mol. The summed E-state index contributed by atoms with van der Waals surface area (Å²) in [6, 6.07) is 5.97. The fourth-order valence-electron chi connectivity index (χ4n) is 1.57. The van der Waals surface area contributed by atoms with E-state index in [0.29, 0.717) is 17.9 Å². The van der Waals surface area contributed by atoms with E-state index in [1.165, 1.54) is 18.2 Å². The van der Waals surface area contributed by atoms with Crippen molar-refractivity contribution in [1.82, 2.24) is 5.32 Å². The van der Waals surface area contributed by atoms with E-state index in [1.807, 2.05) is 6.92 Å². The maximum atomic E-state index is 12.0. The normalized spacial score (nSPS) is 19.8. The maximum absolute atomic E-state index is 12.0. The van der Waals surface area contributed by atoms with Crippen molar-refractivity contribution in [3.63, 3.8) is 0 Å². The Morgan fingerprint density at radius 3 is 2.76 bits per heavy atom. The number of nitrogens with one attached hydrogen (secondary N) is 1. The van der Waals surface area contributed by atoms with Gasteiger partial charge < -0.3 is 10.1 Å². The zero-order chi connectivity index (χ0) is 12.5. The van der Waals surface area contributed by atoms with Crippen molar-refractivity contribution in [2.45, 2.75) is 19.3 Å². The van der Waals surface area contributed by atoms with Crippen LogP contribution in [0.15, 0.2) is 29.3 Å². The van der Waals surface area contributed by atoms with E-state index in [9.17, 15) is 13.2 Å². The second kappa shape index (κ2) is 4.27. The molecule has 1 aliphatic rings. The zero-order valence-electron chi connectivity index (χ0n) is 9.08. The summed E-state index contributed by atoms with van der Waals surface area (Å²) in [6.45, 7) is 2.58. The molecule has 0 bridgehead atoms. The SMILES string of the molecule is CC1CN=C(c2cccc(OC(F)(F)F)c2)N1. The zero-order valence-corrected chi connectivity index (χ0v) is 9.08. The first-order chi connectivity index (χ1) is 7.94. The van der Waals surface area contributed by atoms with Crippen LogP contribution in [0.4, 0.5) is 13.2 Å². The van der Waals surface area contributed by atoms with E-state index in [1.54, 1.807) is 6.07 Å². The van der Waals surface area contributed by atoms with Crippen molar-refractivity contribution in [2.75, 3.05) is 6.54 Å². The molecule has 6 heteroatoms. The third kappa shape index (κ3) is 3.12. The number of hydrogen-bond acceptors (Lipinski definition) is 3. The smallest absolute Gasteiger partial charge is 0.406 e. The van der Waals surface area contributed by atoms with E-state index in [-0.39, 0.29) is 11.8 Å². The second-order valence-corrected chi connectivity index (χ2v) is 3.81. The first kappa shape index (κ1) is 11.8. The summed E-state index contributed by atoms with van der Waals surface area (Å²) >= 11 is 0. The Labute approximate surface area is 96.3 Å². The molecule has 1 aliphatic heterocycles. The van der Waals surface area contributed by atoms with Gasteiger partial charge in [0.2, 0.25) is 0 Å². The molecule has 1 unspecified atom stereocenters. The summed E-state index contributed by atoms with van der Waals surface area (Å²) in [6.07, 6.45) is -4.67. The maximum Gasteiger partial charge on any atom is 0.573 e. The molecule has 0 saturated heterocycles. The molecular formula is C11H11F3N2O. The molecule has 0 radical (unpaired) electrons. The molecule has 17 heavy (non-hydrogen) atoms. The standard InChI is InChI=1S/C11H11F3N2O/c1-7-6-15-10(16-7)8-3-2-4-9(5-8)17-11(12,13)14/h2-5,7H,6H2,1H3,(H,15,16). The predicted octanol–water partition coefficient (Wildman–Crippen LogP) is 2.32. The number of amidine groups is 1. The molecule has 0 spiro atoms. The van der Waals surface area contributed by atoms with Gasteiger partial charge in [0.1, 0.15) is 11.6 Å². The average molecular weight is 244 g/mol. The molecule has 0 fully saturated rings. The molecule has 0 aliphatic carbocycles. The van der Waals surface area contributed by atoms with E-state index < -0.39 is 6.36 Å². The topological polar surface area (TPSA) is 33.6 Å². The highest BCUT2D eigenvalue weighted by atomic mass is 19.4. The highest BCUT2D eigenvalue weighted by Gasteiger charge is 2.31. The van der Waals surface area contributed by atoms with Crippen molar-refractivity contribution in [3.05, 3.63) is 29.8 Å². The third-order valence-corrected chi connectivity index (χ3v) is 2.25.